The Balaban J connectivity index is 0.000000367. The zero-order valence-electron chi connectivity index (χ0n) is 48.0. The van der Waals surface area contributed by atoms with E-state index >= 15 is 0 Å². The van der Waals surface area contributed by atoms with Crippen LogP contribution in [0.4, 0.5) is 9.59 Å². The Morgan fingerprint density at radius 3 is 1.62 bits per heavy atom. The first-order chi connectivity index (χ1) is 38.7. The molecular weight excluding hydrogens is 1050 g/mol. The molecule has 2 saturated heterocycles. The van der Waals surface area contributed by atoms with Gasteiger partial charge in [-0.15, -0.1) is 12.8 Å². The van der Waals surface area contributed by atoms with Crippen molar-refractivity contribution in [1.82, 2.24) is 39.9 Å². The first-order valence-corrected chi connectivity index (χ1v) is 28.6. The fourth-order valence-electron chi connectivity index (χ4n) is 9.39. The highest BCUT2D eigenvalue weighted by atomic mass is 32.2. The number of methoxy groups -OCH3 is 1. The normalized spacial score (nSPS) is 17.8. The smallest absolute Gasteiger partial charge is 0.248 e. The van der Waals surface area contributed by atoms with Gasteiger partial charge in [-0.25, -0.2) is 8.51 Å². The zero-order valence-corrected chi connectivity index (χ0v) is 48.8. The Bertz CT molecular complexity index is 2600. The summed E-state index contributed by atoms with van der Waals surface area (Å²) in [4.78, 5) is 82.4. The van der Waals surface area contributed by atoms with Crippen LogP contribution in [0.1, 0.15) is 70.1 Å². The van der Waals surface area contributed by atoms with Crippen LogP contribution < -0.4 is 26.4 Å². The largest absolute Gasteiger partial charge is 0.497 e. The van der Waals surface area contributed by atoms with Gasteiger partial charge in [0.1, 0.15) is 54.1 Å². The number of amides is 6. The number of ether oxygens (including phenoxy) is 3. The third-order valence-corrected chi connectivity index (χ3v) is 16.2. The molecule has 0 bridgehead atoms. The number of nitrogens with zero attached hydrogens (tertiary/aromatic N) is 5. The van der Waals surface area contributed by atoms with E-state index in [2.05, 4.69) is 39.9 Å². The Morgan fingerprint density at radius 2 is 1.16 bits per heavy atom. The molecule has 3 aromatic rings. The van der Waals surface area contributed by atoms with Crippen molar-refractivity contribution in [1.29, 1.82) is 0 Å². The van der Waals surface area contributed by atoms with Crippen LogP contribution in [0.2, 0.25) is 0 Å². The summed E-state index contributed by atoms with van der Waals surface area (Å²) in [6, 6.07) is 23.6. The summed E-state index contributed by atoms with van der Waals surface area (Å²) in [6.07, 6.45) is 14.4. The van der Waals surface area contributed by atoms with Gasteiger partial charge in [-0.1, -0.05) is 84.6 Å². The van der Waals surface area contributed by atoms with Crippen LogP contribution in [-0.4, -0.2) is 207 Å². The van der Waals surface area contributed by atoms with Gasteiger partial charge in [-0.2, -0.15) is 0 Å². The van der Waals surface area contributed by atoms with Crippen LogP contribution >= 0.6 is 0 Å². The minimum atomic E-state index is -1.58. The van der Waals surface area contributed by atoms with Crippen LogP contribution in [0.15, 0.2) is 84.9 Å². The average molecular weight is 1130 g/mol. The summed E-state index contributed by atoms with van der Waals surface area (Å²) in [5.74, 6) is 2.36. The van der Waals surface area contributed by atoms with Crippen molar-refractivity contribution in [3.8, 4) is 30.4 Å². The molecule has 2 fully saturated rings. The fraction of sp³-hybridized carbons (Fsp3) is 0.525. The second kappa shape index (κ2) is 34.7. The van der Waals surface area contributed by atoms with Gasteiger partial charge in [-0.05, 0) is 102 Å². The Labute approximate surface area is 484 Å². The van der Waals surface area contributed by atoms with E-state index in [0.29, 0.717) is 52.0 Å². The Morgan fingerprint density at radius 1 is 0.704 bits per heavy atom. The van der Waals surface area contributed by atoms with Gasteiger partial charge < -0.3 is 55.5 Å². The van der Waals surface area contributed by atoms with E-state index in [1.54, 1.807) is 37.7 Å². The van der Waals surface area contributed by atoms with Crippen LogP contribution in [0.3, 0.4) is 0 Å². The predicted octanol–water partition coefficient (Wildman–Crippen LogP) is 2.80. The number of carbonyl (C=O) groups is 6. The molecule has 0 aromatic heterocycles. The molecular formula is C59H81B2N9O10S. The second-order valence-electron chi connectivity index (χ2n) is 20.2. The molecule has 5 rings (SSSR count). The third kappa shape index (κ3) is 21.1. The van der Waals surface area contributed by atoms with E-state index < -0.39 is 76.2 Å². The molecule has 2 aliphatic rings. The molecule has 2 heterocycles. The van der Waals surface area contributed by atoms with E-state index in [1.165, 1.54) is 26.6 Å². The highest BCUT2D eigenvalue weighted by Gasteiger charge is 2.41. The summed E-state index contributed by atoms with van der Waals surface area (Å²) in [6.45, 7) is 9.70. The molecule has 5 N–H and O–H groups in total. The van der Waals surface area contributed by atoms with Crippen LogP contribution in [0.25, 0.3) is 0 Å². The molecule has 22 heteroatoms. The number of nitrogens with two attached hydrogens (primary N) is 1. The zero-order chi connectivity index (χ0) is 59.6. The van der Waals surface area contributed by atoms with E-state index in [1.807, 2.05) is 77.1 Å². The van der Waals surface area contributed by atoms with Gasteiger partial charge in [0.2, 0.25) is 39.3 Å². The molecule has 6 amide bonds. The van der Waals surface area contributed by atoms with Crippen molar-refractivity contribution in [2.24, 2.45) is 5.73 Å². The first kappa shape index (κ1) is 67.0. The van der Waals surface area contributed by atoms with Crippen LogP contribution in [0, 0.1) is 24.7 Å². The van der Waals surface area contributed by atoms with Gasteiger partial charge in [0.25, 0.3) is 0 Å². The second-order valence-corrected chi connectivity index (χ2v) is 21.9. The lowest BCUT2D eigenvalue weighted by atomic mass is 10.1. The van der Waals surface area contributed by atoms with Crippen molar-refractivity contribution < 1.29 is 47.2 Å². The molecule has 10 atom stereocenters. The van der Waals surface area contributed by atoms with Crippen molar-refractivity contribution in [3.63, 3.8) is 0 Å². The molecule has 19 nitrogen and oxygen atoms in total. The Hall–Kier alpha value is -6.52. The van der Waals surface area contributed by atoms with E-state index in [0.717, 1.165) is 58.9 Å². The van der Waals surface area contributed by atoms with Crippen molar-refractivity contribution in [2.45, 2.75) is 126 Å². The first-order valence-electron chi connectivity index (χ1n) is 27.4. The molecule has 0 saturated carbocycles. The van der Waals surface area contributed by atoms with Gasteiger partial charge in [0.15, 0.2) is 11.6 Å². The number of likely N-dealkylation sites (N-methyl/N-ethyl adjacent to an activating group) is 2. The number of hydrogen-bond donors (Lipinski definition) is 4. The quantitative estimate of drug-likeness (QED) is 0.0448. The molecule has 1 unspecified atom stereocenters. The van der Waals surface area contributed by atoms with E-state index in [4.69, 9.17) is 48.5 Å². The number of terminal acetylenes is 2. The number of hydrogen-bond acceptors (Lipinski definition) is 12. The lowest BCUT2D eigenvalue weighted by molar-refractivity contribution is -0.142. The summed E-state index contributed by atoms with van der Waals surface area (Å²) in [5.41, 5.74) is 9.83. The molecule has 0 aliphatic carbocycles. The highest BCUT2D eigenvalue weighted by Crippen LogP contribution is 2.24. The monoisotopic (exact) mass is 1130 g/mol. The Kier molecular flexibility index (Phi) is 28.7. The van der Waals surface area contributed by atoms with E-state index in [9.17, 15) is 33.0 Å². The van der Waals surface area contributed by atoms with Gasteiger partial charge in [-0.3, -0.25) is 28.8 Å². The average Bonchev–Trinajstić information content (AvgIpc) is 4.18. The third-order valence-electron chi connectivity index (χ3n) is 14.7. The van der Waals surface area contributed by atoms with Gasteiger partial charge in [0.05, 0.1) is 24.7 Å². The van der Waals surface area contributed by atoms with Crippen LogP contribution in [-0.2, 0) is 58.9 Å². The fourth-order valence-corrected chi connectivity index (χ4v) is 10.7. The van der Waals surface area contributed by atoms with Crippen molar-refractivity contribution in [2.75, 3.05) is 73.7 Å². The maximum Gasteiger partial charge on any atom is 0.248 e. The summed E-state index contributed by atoms with van der Waals surface area (Å²) in [5, 5.41) is 8.28. The van der Waals surface area contributed by atoms with Crippen molar-refractivity contribution >= 4 is 61.9 Å². The number of benzene rings is 3. The maximum atomic E-state index is 14.1. The number of likely N-dealkylation sites (tertiary alicyclic amines) is 2. The molecule has 81 heavy (non-hydrogen) atoms. The topological polar surface area (TPSA) is 225 Å². The number of carbonyl (C=O) groups excluding carboxylic acids is 6. The summed E-state index contributed by atoms with van der Waals surface area (Å²) < 4.78 is 32.4. The van der Waals surface area contributed by atoms with Crippen LogP contribution in [0.5, 0.6) is 5.75 Å². The number of rotatable bonds is 29. The summed E-state index contributed by atoms with van der Waals surface area (Å²) in [7, 11) is 13.5. The minimum Gasteiger partial charge on any atom is -0.497 e. The minimum absolute atomic E-state index is 0.0159. The standard InChI is InChI=1S/C34H46BN5O6S.C25H35BN4O4/c1-6-21-46-25(3)31(37-32(41)24(2)38(4)34(35)43)33(42)40-19-10-13-28(40)23-39(20-18-26-11-8-7-9-12-26)47(44)30(36)22-27-14-16-29(45-5)17-15-27;1-5-16-34-19(3)22(28-23(31)18(2)29(4)25(26)33)24(32)30-15-9-12-21(30)17-27-14-13-20-10-7-6-8-11-20/h1,7-9,11-12,14-17,24-25,28,30-31H,10,13,18-23,36H2,2-5H3,(H,37,41);1,6-8,10-11,18-19,21-22,27H,9,12-17H2,2-4H3,(H,28,31)/t24-,25+,28-,30-,31-,47?;18-,19+,21-,22-/m00/s1. The lowest BCUT2D eigenvalue weighted by Gasteiger charge is -2.35. The van der Waals surface area contributed by atoms with E-state index in [-0.39, 0.29) is 37.1 Å². The highest BCUT2D eigenvalue weighted by molar-refractivity contribution is 7.83. The SMILES string of the molecule is [B]C(=O)N(C)[C@@H](C)C(=O)N[C@H](C(=O)N1CCC[C@H]1CN(CCc1ccccc1)S(=O)[C@H](N)Cc1ccc(OC)cc1)[C@@H](C)OCC#C.[B]C(=O)N(C)[C@@H](C)C(=O)N[C@H](C(=O)N1CCC[C@H]1CNCCc1ccccc1)[C@@H](C)OCC#C. The maximum absolute atomic E-state index is 14.1. The molecule has 2 aliphatic heterocycles. The molecule has 434 valence electrons. The van der Waals surface area contributed by atoms with Crippen molar-refractivity contribution in [3.05, 3.63) is 102 Å². The van der Waals surface area contributed by atoms with Gasteiger partial charge in [0, 0.05) is 65.3 Å². The summed E-state index contributed by atoms with van der Waals surface area (Å²) >= 11 is 0. The molecule has 3 aromatic carbocycles. The predicted molar refractivity (Wildman–Crippen MR) is 316 cm³/mol. The molecule has 4 radical (unpaired) electrons. The molecule has 0 spiro atoms. The lowest BCUT2D eigenvalue weighted by Crippen LogP contribution is -2.59. The number of nitrogens with one attached hydrogen (secondary N) is 3. The van der Waals surface area contributed by atoms with Gasteiger partial charge >= 0.3 is 0 Å².